The molecule has 0 unspecified atom stereocenters. The molecule has 0 aliphatic carbocycles. The Morgan fingerprint density at radius 1 is 1.30 bits per heavy atom. The van der Waals surface area contributed by atoms with E-state index in [1.54, 1.807) is 19.1 Å². The highest BCUT2D eigenvalue weighted by atomic mass is 16.4. The largest absolute Gasteiger partial charge is 0.480 e. The molecule has 0 spiro atoms. The van der Waals surface area contributed by atoms with Crippen molar-refractivity contribution in [3.8, 4) is 0 Å². The van der Waals surface area contributed by atoms with Crippen molar-refractivity contribution in [1.29, 1.82) is 0 Å². The minimum atomic E-state index is -1.19. The second kappa shape index (κ2) is 6.70. The molecule has 108 valence electrons. The van der Waals surface area contributed by atoms with Gasteiger partial charge in [0, 0.05) is 12.0 Å². The van der Waals surface area contributed by atoms with E-state index in [0.717, 1.165) is 11.1 Å². The zero-order valence-corrected chi connectivity index (χ0v) is 11.5. The Morgan fingerprint density at radius 3 is 2.50 bits per heavy atom. The van der Waals surface area contributed by atoms with Gasteiger partial charge in [0.1, 0.15) is 6.04 Å². The Labute approximate surface area is 117 Å². The summed E-state index contributed by atoms with van der Waals surface area (Å²) < 4.78 is 0. The average Bonchev–Trinajstić information content (AvgIpc) is 2.36. The van der Waals surface area contributed by atoms with Crippen molar-refractivity contribution in [2.75, 3.05) is 0 Å². The third-order valence-electron chi connectivity index (χ3n) is 2.92. The molecule has 1 aromatic carbocycles. The number of nitrogens with two attached hydrogens (primary N) is 1. The molecule has 1 aromatic rings. The molecule has 6 nitrogen and oxygen atoms in total. The molecular weight excluding hydrogens is 260 g/mol. The van der Waals surface area contributed by atoms with Gasteiger partial charge in [-0.3, -0.25) is 9.59 Å². The maximum atomic E-state index is 12.1. The molecule has 2 amide bonds. The number of hydrogen-bond acceptors (Lipinski definition) is 3. The van der Waals surface area contributed by atoms with E-state index in [2.05, 4.69) is 5.32 Å². The Balaban J connectivity index is 2.82. The van der Waals surface area contributed by atoms with Crippen molar-refractivity contribution in [2.45, 2.75) is 32.7 Å². The van der Waals surface area contributed by atoms with Crippen molar-refractivity contribution in [3.05, 3.63) is 34.9 Å². The van der Waals surface area contributed by atoms with Gasteiger partial charge in [0.25, 0.3) is 5.91 Å². The van der Waals surface area contributed by atoms with Crippen molar-refractivity contribution in [3.63, 3.8) is 0 Å². The van der Waals surface area contributed by atoms with Gasteiger partial charge in [0.05, 0.1) is 0 Å². The molecule has 0 aliphatic heterocycles. The summed E-state index contributed by atoms with van der Waals surface area (Å²) in [6, 6.07) is 4.23. The van der Waals surface area contributed by atoms with Gasteiger partial charge in [-0.05, 0) is 31.9 Å². The van der Waals surface area contributed by atoms with Gasteiger partial charge in [0.15, 0.2) is 0 Å². The molecule has 0 fully saturated rings. The standard InChI is InChI=1S/C14H18N2O4/c1-8-3-4-9(2)10(7-8)13(18)16-11(14(19)20)5-6-12(15)17/h3-4,7,11H,5-6H2,1-2H3,(H2,15,17)(H,16,18)(H,19,20)/t11-/m1/s1. The number of hydrogen-bond donors (Lipinski definition) is 3. The van der Waals surface area contributed by atoms with Crippen LogP contribution in [0.2, 0.25) is 0 Å². The van der Waals surface area contributed by atoms with E-state index in [4.69, 9.17) is 10.8 Å². The summed E-state index contributed by atoms with van der Waals surface area (Å²) in [7, 11) is 0. The molecule has 0 aromatic heterocycles. The van der Waals surface area contributed by atoms with Crippen LogP contribution in [0.15, 0.2) is 18.2 Å². The normalized spacial score (nSPS) is 11.7. The highest BCUT2D eigenvalue weighted by molar-refractivity contribution is 5.98. The third kappa shape index (κ3) is 4.38. The first-order chi connectivity index (χ1) is 9.31. The summed E-state index contributed by atoms with van der Waals surface area (Å²) in [6.45, 7) is 3.62. The minimum absolute atomic E-state index is 0.0265. The summed E-state index contributed by atoms with van der Waals surface area (Å²) in [6.07, 6.45) is -0.120. The fraction of sp³-hybridized carbons (Fsp3) is 0.357. The average molecular weight is 278 g/mol. The van der Waals surface area contributed by atoms with Crippen LogP contribution in [0.1, 0.15) is 34.3 Å². The van der Waals surface area contributed by atoms with Crippen LogP contribution in [0.3, 0.4) is 0 Å². The number of amides is 2. The lowest BCUT2D eigenvalue weighted by atomic mass is 10.0. The zero-order valence-electron chi connectivity index (χ0n) is 11.5. The quantitative estimate of drug-likeness (QED) is 0.713. The fourth-order valence-corrected chi connectivity index (χ4v) is 1.76. The van der Waals surface area contributed by atoms with Gasteiger partial charge in [-0.15, -0.1) is 0 Å². The van der Waals surface area contributed by atoms with Crippen LogP contribution < -0.4 is 11.1 Å². The van der Waals surface area contributed by atoms with Crippen molar-refractivity contribution in [2.24, 2.45) is 5.73 Å². The Kier molecular flexibility index (Phi) is 5.25. The van der Waals surface area contributed by atoms with Gasteiger partial charge in [-0.25, -0.2) is 4.79 Å². The first-order valence-electron chi connectivity index (χ1n) is 6.20. The number of carboxylic acid groups (broad SMARTS) is 1. The summed E-state index contributed by atoms with van der Waals surface area (Å²) >= 11 is 0. The van der Waals surface area contributed by atoms with Crippen LogP contribution >= 0.6 is 0 Å². The molecule has 1 rings (SSSR count). The van der Waals surface area contributed by atoms with Crippen LogP contribution in [0.4, 0.5) is 0 Å². The highest BCUT2D eigenvalue weighted by Crippen LogP contribution is 2.11. The Hall–Kier alpha value is -2.37. The van der Waals surface area contributed by atoms with Crippen molar-refractivity contribution >= 4 is 17.8 Å². The molecule has 0 saturated carbocycles. The topological polar surface area (TPSA) is 109 Å². The van der Waals surface area contributed by atoms with Crippen LogP contribution in [-0.2, 0) is 9.59 Å². The zero-order chi connectivity index (χ0) is 15.3. The van der Waals surface area contributed by atoms with Gasteiger partial charge >= 0.3 is 5.97 Å². The number of carbonyl (C=O) groups excluding carboxylic acids is 2. The van der Waals surface area contributed by atoms with Gasteiger partial charge in [0.2, 0.25) is 5.91 Å². The first-order valence-corrected chi connectivity index (χ1v) is 6.20. The second-order valence-electron chi connectivity index (χ2n) is 4.69. The fourth-order valence-electron chi connectivity index (χ4n) is 1.76. The van der Waals surface area contributed by atoms with Crippen molar-refractivity contribution < 1.29 is 19.5 Å². The van der Waals surface area contributed by atoms with E-state index < -0.39 is 23.8 Å². The van der Waals surface area contributed by atoms with Crippen LogP contribution in [0.25, 0.3) is 0 Å². The molecule has 6 heteroatoms. The molecule has 0 bridgehead atoms. The lowest BCUT2D eigenvalue weighted by Gasteiger charge is -2.15. The number of primary amides is 1. The summed E-state index contributed by atoms with van der Waals surface area (Å²) in [5.41, 5.74) is 7.07. The van der Waals surface area contributed by atoms with E-state index in [1.807, 2.05) is 13.0 Å². The Morgan fingerprint density at radius 2 is 1.95 bits per heavy atom. The van der Waals surface area contributed by atoms with Crippen molar-refractivity contribution in [1.82, 2.24) is 5.32 Å². The van der Waals surface area contributed by atoms with Gasteiger partial charge in [-0.1, -0.05) is 17.7 Å². The Bertz CT molecular complexity index is 540. The van der Waals surface area contributed by atoms with Crippen LogP contribution in [0.5, 0.6) is 0 Å². The molecule has 0 radical (unpaired) electrons. The summed E-state index contributed by atoms with van der Waals surface area (Å²) in [5, 5.41) is 11.4. The van der Waals surface area contributed by atoms with Crippen LogP contribution in [-0.4, -0.2) is 28.9 Å². The summed E-state index contributed by atoms with van der Waals surface area (Å²) in [4.78, 5) is 33.8. The number of aryl methyl sites for hydroxylation is 2. The molecule has 20 heavy (non-hydrogen) atoms. The second-order valence-corrected chi connectivity index (χ2v) is 4.69. The predicted octanol–water partition coefficient (Wildman–Crippen LogP) is 0.752. The van der Waals surface area contributed by atoms with E-state index in [-0.39, 0.29) is 12.8 Å². The molecule has 1 atom stereocenters. The monoisotopic (exact) mass is 278 g/mol. The third-order valence-corrected chi connectivity index (χ3v) is 2.92. The predicted molar refractivity (Wildman–Crippen MR) is 73.2 cm³/mol. The molecule has 0 heterocycles. The molecule has 0 aliphatic rings. The number of benzene rings is 1. The molecular formula is C14H18N2O4. The first kappa shape index (κ1) is 15.7. The lowest BCUT2D eigenvalue weighted by Crippen LogP contribution is -2.41. The highest BCUT2D eigenvalue weighted by Gasteiger charge is 2.21. The van der Waals surface area contributed by atoms with Gasteiger partial charge < -0.3 is 16.2 Å². The maximum absolute atomic E-state index is 12.1. The SMILES string of the molecule is Cc1ccc(C)c(C(=O)N[C@H](CCC(N)=O)C(=O)O)c1. The number of rotatable bonds is 6. The summed E-state index contributed by atoms with van der Waals surface area (Å²) in [5.74, 6) is -2.26. The number of aliphatic carboxylic acids is 1. The lowest BCUT2D eigenvalue weighted by molar-refractivity contribution is -0.139. The van der Waals surface area contributed by atoms with E-state index in [1.165, 1.54) is 0 Å². The van der Waals surface area contributed by atoms with E-state index >= 15 is 0 Å². The number of carbonyl (C=O) groups is 3. The number of nitrogens with one attached hydrogen (secondary N) is 1. The van der Waals surface area contributed by atoms with E-state index in [0.29, 0.717) is 5.56 Å². The maximum Gasteiger partial charge on any atom is 0.326 e. The van der Waals surface area contributed by atoms with Crippen LogP contribution in [0, 0.1) is 13.8 Å². The molecule has 4 N–H and O–H groups in total. The minimum Gasteiger partial charge on any atom is -0.480 e. The van der Waals surface area contributed by atoms with E-state index in [9.17, 15) is 14.4 Å². The number of carboxylic acids is 1. The molecule has 0 saturated heterocycles. The smallest absolute Gasteiger partial charge is 0.326 e. The van der Waals surface area contributed by atoms with Gasteiger partial charge in [-0.2, -0.15) is 0 Å².